The van der Waals surface area contributed by atoms with Gasteiger partial charge in [0.05, 0.1) is 0 Å². The molecule has 1 N–H and O–H groups in total. The number of carbonyl (C=O) groups is 1. The first-order valence-corrected chi connectivity index (χ1v) is 16.1. The van der Waals surface area contributed by atoms with Gasteiger partial charge in [-0.05, 0) is 64.1 Å². The highest BCUT2D eigenvalue weighted by molar-refractivity contribution is 8.16. The minimum absolute atomic E-state index is 0.202. The van der Waals surface area contributed by atoms with Crippen LogP contribution in [0.1, 0.15) is 98.1 Å². The molecule has 0 bridgehead atoms. The minimum atomic E-state index is -1.12. The number of phenols is 1. The summed E-state index contributed by atoms with van der Waals surface area (Å²) >= 11 is 1.52. The van der Waals surface area contributed by atoms with Gasteiger partial charge in [0.15, 0.2) is 4.75 Å². The Balaban J connectivity index is 1.68. The third-order valence-electron chi connectivity index (χ3n) is 9.03. The number of rotatable bonds is 3. The second kappa shape index (κ2) is 10.7. The Morgan fingerprint density at radius 2 is 1.39 bits per heavy atom. The standard InChI is InChI=1S/C39H41NO3S/c1-23-18-19-26(20-24(23)2)34-39(36(42)40-35(44-39)25-14-10-9-11-15-25)32(28-16-12-13-17-31(28)43-34)27-21-29(37(3,4)5)33(41)30(22-27)38(6,7)8/h9-22,32,34,41H,1-8H3/t32-,34-,39-/m1/s1. The van der Waals surface area contributed by atoms with E-state index in [1.807, 2.05) is 48.5 Å². The predicted octanol–water partition coefficient (Wildman–Crippen LogP) is 9.33. The van der Waals surface area contributed by atoms with Crippen LogP contribution in [0.2, 0.25) is 0 Å². The number of hydrogen-bond acceptors (Lipinski definition) is 4. The minimum Gasteiger partial charge on any atom is -0.507 e. The summed E-state index contributed by atoms with van der Waals surface area (Å²) in [5.74, 6) is 0.479. The van der Waals surface area contributed by atoms with Crippen LogP contribution in [0.3, 0.4) is 0 Å². The zero-order valence-electron chi connectivity index (χ0n) is 26.9. The molecule has 0 aromatic heterocycles. The lowest BCUT2D eigenvalue weighted by Gasteiger charge is -2.46. The Morgan fingerprint density at radius 3 is 2.00 bits per heavy atom. The van der Waals surface area contributed by atoms with Crippen molar-refractivity contribution >= 4 is 22.7 Å². The molecule has 0 radical (unpaired) electrons. The Morgan fingerprint density at radius 1 is 0.773 bits per heavy atom. The molecule has 3 atom stereocenters. The summed E-state index contributed by atoms with van der Waals surface area (Å²) in [5.41, 5.74) is 7.18. The van der Waals surface area contributed by atoms with Crippen LogP contribution in [0, 0.1) is 13.8 Å². The fraction of sp³-hybridized carbons (Fsp3) is 0.333. The SMILES string of the molecule is Cc1ccc([C@H]2Oc3ccccc3[C@@H](c3cc(C(C)(C)C)c(O)c(C(C)(C)C)c3)[C@@]23SC(c2ccccc2)=NC3=O)cc1C. The third-order valence-corrected chi connectivity index (χ3v) is 10.5. The van der Waals surface area contributed by atoms with E-state index in [0.717, 1.165) is 44.7 Å². The predicted molar refractivity (Wildman–Crippen MR) is 181 cm³/mol. The van der Waals surface area contributed by atoms with Crippen LogP contribution in [0.4, 0.5) is 0 Å². The van der Waals surface area contributed by atoms with Crippen LogP contribution >= 0.6 is 11.8 Å². The van der Waals surface area contributed by atoms with Crippen molar-refractivity contribution in [3.05, 3.63) is 129 Å². The molecule has 0 aliphatic carbocycles. The first-order valence-electron chi connectivity index (χ1n) is 15.3. The summed E-state index contributed by atoms with van der Waals surface area (Å²) in [6, 6.07) is 28.6. The fourth-order valence-electron chi connectivity index (χ4n) is 6.52. The topological polar surface area (TPSA) is 58.9 Å². The van der Waals surface area contributed by atoms with Crippen molar-refractivity contribution in [2.45, 2.75) is 83.0 Å². The summed E-state index contributed by atoms with van der Waals surface area (Å²) in [4.78, 5) is 19.5. The number of carbonyl (C=O) groups excluding carboxylic acids is 1. The van der Waals surface area contributed by atoms with Crippen molar-refractivity contribution in [1.82, 2.24) is 0 Å². The molecular formula is C39H41NO3S. The molecule has 0 fully saturated rings. The molecule has 4 nitrogen and oxygen atoms in total. The third kappa shape index (κ3) is 4.95. The number of ether oxygens (including phenoxy) is 1. The Labute approximate surface area is 265 Å². The monoisotopic (exact) mass is 603 g/mol. The van der Waals surface area contributed by atoms with Gasteiger partial charge in [0.1, 0.15) is 22.6 Å². The Hall–Kier alpha value is -3.83. The van der Waals surface area contributed by atoms with Crippen molar-refractivity contribution in [2.75, 3.05) is 0 Å². The van der Waals surface area contributed by atoms with E-state index in [1.54, 1.807) is 0 Å². The quantitative estimate of drug-likeness (QED) is 0.254. The highest BCUT2D eigenvalue weighted by Gasteiger charge is 2.62. The molecule has 6 rings (SSSR count). The highest BCUT2D eigenvalue weighted by Crippen LogP contribution is 2.62. The number of hydrogen-bond donors (Lipinski definition) is 1. The molecule has 1 spiro atoms. The number of amides is 1. The van der Waals surface area contributed by atoms with Crippen molar-refractivity contribution in [2.24, 2.45) is 4.99 Å². The maximum absolute atomic E-state index is 14.8. The second-order valence-electron chi connectivity index (χ2n) is 14.3. The van der Waals surface area contributed by atoms with Crippen LogP contribution in [0.15, 0.2) is 89.9 Å². The number of para-hydroxylation sites is 1. The molecular weight excluding hydrogens is 563 g/mol. The lowest BCUT2D eigenvalue weighted by molar-refractivity contribution is -0.123. The molecule has 5 heteroatoms. The van der Waals surface area contributed by atoms with Crippen LogP contribution in [-0.4, -0.2) is 20.8 Å². The zero-order chi connectivity index (χ0) is 31.6. The molecule has 1 amide bonds. The number of fused-ring (bicyclic) bond motifs is 1. The van der Waals surface area contributed by atoms with E-state index >= 15 is 0 Å². The molecule has 2 aliphatic heterocycles. The van der Waals surface area contributed by atoms with E-state index in [-0.39, 0.29) is 16.7 Å². The largest absolute Gasteiger partial charge is 0.507 e. The zero-order valence-corrected chi connectivity index (χ0v) is 27.7. The Bertz CT molecular complexity index is 1760. The highest BCUT2D eigenvalue weighted by atomic mass is 32.2. The van der Waals surface area contributed by atoms with Gasteiger partial charge in [0, 0.05) is 17.0 Å². The molecule has 226 valence electrons. The summed E-state index contributed by atoms with van der Waals surface area (Å²) in [6.07, 6.45) is -0.603. The maximum atomic E-state index is 14.8. The van der Waals surface area contributed by atoms with E-state index in [1.165, 1.54) is 17.3 Å². The van der Waals surface area contributed by atoms with Gasteiger partial charge in [-0.25, -0.2) is 4.99 Å². The van der Waals surface area contributed by atoms with Gasteiger partial charge in [-0.1, -0.05) is 132 Å². The van der Waals surface area contributed by atoms with Gasteiger partial charge in [0.2, 0.25) is 0 Å². The summed E-state index contributed by atoms with van der Waals surface area (Å²) in [7, 11) is 0. The molecule has 0 saturated carbocycles. The number of nitrogens with zero attached hydrogens (tertiary/aromatic N) is 1. The molecule has 4 aromatic carbocycles. The lowest BCUT2D eigenvalue weighted by atomic mass is 9.70. The van der Waals surface area contributed by atoms with E-state index in [4.69, 9.17) is 9.73 Å². The first-order chi connectivity index (χ1) is 20.7. The molecule has 0 saturated heterocycles. The van der Waals surface area contributed by atoms with E-state index in [2.05, 4.69) is 91.8 Å². The van der Waals surface area contributed by atoms with Gasteiger partial charge in [-0.15, -0.1) is 0 Å². The molecule has 44 heavy (non-hydrogen) atoms. The van der Waals surface area contributed by atoms with Crippen LogP contribution in [0.25, 0.3) is 0 Å². The average Bonchev–Trinajstić information content (AvgIpc) is 3.30. The van der Waals surface area contributed by atoms with Crippen molar-refractivity contribution in [3.63, 3.8) is 0 Å². The maximum Gasteiger partial charge on any atom is 0.268 e. The van der Waals surface area contributed by atoms with Gasteiger partial charge in [0.25, 0.3) is 5.91 Å². The smallest absolute Gasteiger partial charge is 0.268 e. The molecule has 0 unspecified atom stereocenters. The van der Waals surface area contributed by atoms with Crippen molar-refractivity contribution in [1.29, 1.82) is 0 Å². The van der Waals surface area contributed by atoms with Gasteiger partial charge in [-0.3, -0.25) is 4.79 Å². The normalized spacial score (nSPS) is 21.6. The van der Waals surface area contributed by atoms with Gasteiger partial charge < -0.3 is 9.84 Å². The summed E-state index contributed by atoms with van der Waals surface area (Å²) in [6.45, 7) is 16.9. The molecule has 4 aromatic rings. The first kappa shape index (κ1) is 30.2. The number of aromatic hydroxyl groups is 1. The van der Waals surface area contributed by atoms with Crippen molar-refractivity contribution in [3.8, 4) is 11.5 Å². The summed E-state index contributed by atoms with van der Waals surface area (Å²) in [5, 5.41) is 12.3. The van der Waals surface area contributed by atoms with E-state index in [0.29, 0.717) is 10.8 Å². The molecule has 2 aliphatic rings. The summed E-state index contributed by atoms with van der Waals surface area (Å²) < 4.78 is 5.79. The number of aliphatic imine (C=N–C) groups is 1. The van der Waals surface area contributed by atoms with Gasteiger partial charge >= 0.3 is 0 Å². The van der Waals surface area contributed by atoms with Crippen molar-refractivity contribution < 1.29 is 14.6 Å². The van der Waals surface area contributed by atoms with Crippen LogP contribution in [0.5, 0.6) is 11.5 Å². The number of phenolic OH excluding ortho intramolecular Hbond substituents is 1. The number of benzene rings is 4. The second-order valence-corrected chi connectivity index (χ2v) is 15.5. The van der Waals surface area contributed by atoms with E-state index in [9.17, 15) is 9.90 Å². The lowest BCUT2D eigenvalue weighted by Crippen LogP contribution is -2.49. The van der Waals surface area contributed by atoms with Crippen LogP contribution in [-0.2, 0) is 15.6 Å². The Kier molecular flexibility index (Phi) is 7.32. The fourth-order valence-corrected chi connectivity index (χ4v) is 8.03. The molecule has 2 heterocycles. The van der Waals surface area contributed by atoms with E-state index < -0.39 is 16.8 Å². The van der Waals surface area contributed by atoms with Gasteiger partial charge in [-0.2, -0.15) is 0 Å². The van der Waals surface area contributed by atoms with Crippen LogP contribution < -0.4 is 4.74 Å². The average molecular weight is 604 g/mol. The number of aryl methyl sites for hydroxylation is 2. The number of thioether (sulfide) groups is 1.